The maximum absolute atomic E-state index is 12.9. The van der Waals surface area contributed by atoms with E-state index in [9.17, 15) is 4.79 Å². The highest BCUT2D eigenvalue weighted by atomic mass is 16.5. The number of fused-ring (bicyclic) bond motifs is 2. The highest BCUT2D eigenvalue weighted by molar-refractivity contribution is 5.92. The second-order valence-corrected chi connectivity index (χ2v) is 8.03. The Morgan fingerprint density at radius 2 is 2.03 bits per heavy atom. The molecule has 32 heavy (non-hydrogen) atoms. The van der Waals surface area contributed by atoms with Crippen LogP contribution < -0.4 is 10.1 Å². The number of aromatic nitrogens is 3. The molecule has 1 aromatic carbocycles. The quantitative estimate of drug-likeness (QED) is 0.646. The third-order valence-corrected chi connectivity index (χ3v) is 5.82. The zero-order valence-electron chi connectivity index (χ0n) is 18.9. The molecule has 9 nitrogen and oxygen atoms in total. The summed E-state index contributed by atoms with van der Waals surface area (Å²) in [5.41, 5.74) is 3.82. The summed E-state index contributed by atoms with van der Waals surface area (Å²) in [7, 11) is 5.19. The van der Waals surface area contributed by atoms with E-state index in [4.69, 9.17) is 9.47 Å². The Balaban J connectivity index is 1.75. The summed E-state index contributed by atoms with van der Waals surface area (Å²) in [5.74, 6) is 1.63. The average Bonchev–Trinajstić information content (AvgIpc) is 3.21. The first kappa shape index (κ1) is 22.0. The summed E-state index contributed by atoms with van der Waals surface area (Å²) in [6, 6.07) is 5.96. The van der Waals surface area contributed by atoms with Gasteiger partial charge in [0, 0.05) is 51.2 Å². The van der Waals surface area contributed by atoms with E-state index in [0.29, 0.717) is 32.8 Å². The summed E-state index contributed by atoms with van der Waals surface area (Å²) < 4.78 is 10.9. The fourth-order valence-electron chi connectivity index (χ4n) is 4.05. The van der Waals surface area contributed by atoms with E-state index < -0.39 is 0 Å². The van der Waals surface area contributed by atoms with E-state index >= 15 is 0 Å². The second kappa shape index (κ2) is 9.97. The molecule has 0 unspecified atom stereocenters. The highest BCUT2D eigenvalue weighted by Crippen LogP contribution is 2.30. The predicted octanol–water partition coefficient (Wildman–Crippen LogP) is 2.56. The van der Waals surface area contributed by atoms with Crippen LogP contribution in [0.5, 0.6) is 5.75 Å². The molecule has 9 heteroatoms. The van der Waals surface area contributed by atoms with Crippen molar-refractivity contribution in [1.82, 2.24) is 24.8 Å². The molecule has 2 N–H and O–H groups in total. The minimum atomic E-state index is 0.0900. The van der Waals surface area contributed by atoms with Crippen LogP contribution in [0.1, 0.15) is 17.5 Å². The molecule has 2 bridgehead atoms. The number of carbonyl (C=O) groups excluding carboxylic acids is 1. The molecule has 0 aliphatic carbocycles. The number of amides is 1. The smallest absolute Gasteiger partial charge is 0.236 e. The number of nitrogens with zero attached hydrogens (tertiary/aromatic N) is 4. The lowest BCUT2D eigenvalue weighted by Crippen LogP contribution is -2.40. The maximum atomic E-state index is 12.9. The monoisotopic (exact) mass is 438 g/mol. The van der Waals surface area contributed by atoms with Crippen molar-refractivity contribution < 1.29 is 14.3 Å². The predicted molar refractivity (Wildman–Crippen MR) is 123 cm³/mol. The van der Waals surface area contributed by atoms with Crippen LogP contribution in [-0.2, 0) is 22.5 Å². The van der Waals surface area contributed by atoms with E-state index in [-0.39, 0.29) is 5.91 Å². The van der Waals surface area contributed by atoms with Gasteiger partial charge in [-0.3, -0.25) is 9.69 Å². The number of hydrogen-bond acceptors (Lipinski definition) is 7. The SMILES string of the molecule is COCCN1CC(=O)N(C)CCCc2c[nH]c3ncnc(c23)Nc2ccc(OC)c(c2)C1. The number of anilines is 2. The topological polar surface area (TPSA) is 95.6 Å². The van der Waals surface area contributed by atoms with Gasteiger partial charge in [-0.05, 0) is 36.6 Å². The van der Waals surface area contributed by atoms with Crippen molar-refractivity contribution in [3.63, 3.8) is 0 Å². The number of rotatable bonds is 4. The molecule has 0 atom stereocenters. The van der Waals surface area contributed by atoms with Gasteiger partial charge in [-0.15, -0.1) is 0 Å². The van der Waals surface area contributed by atoms with Gasteiger partial charge in [-0.2, -0.15) is 0 Å². The minimum absolute atomic E-state index is 0.0900. The van der Waals surface area contributed by atoms with E-state index in [1.807, 2.05) is 31.4 Å². The lowest BCUT2D eigenvalue weighted by atomic mass is 10.1. The number of hydrogen-bond donors (Lipinski definition) is 2. The zero-order chi connectivity index (χ0) is 22.5. The molecule has 0 spiro atoms. The number of aromatic amines is 1. The molecule has 4 rings (SSSR count). The van der Waals surface area contributed by atoms with E-state index in [0.717, 1.165) is 52.3 Å². The minimum Gasteiger partial charge on any atom is -0.496 e. The second-order valence-electron chi connectivity index (χ2n) is 8.03. The first-order valence-corrected chi connectivity index (χ1v) is 10.8. The van der Waals surface area contributed by atoms with Crippen molar-refractivity contribution in [2.75, 3.05) is 52.8 Å². The van der Waals surface area contributed by atoms with Crippen LogP contribution in [0.3, 0.4) is 0 Å². The Morgan fingerprint density at radius 3 is 2.84 bits per heavy atom. The van der Waals surface area contributed by atoms with Gasteiger partial charge < -0.3 is 24.7 Å². The molecule has 0 saturated carbocycles. The molecule has 1 amide bonds. The molecule has 1 aliphatic rings. The fraction of sp³-hybridized carbons (Fsp3) is 0.435. The van der Waals surface area contributed by atoms with E-state index in [1.54, 1.807) is 25.4 Å². The van der Waals surface area contributed by atoms with E-state index in [2.05, 4.69) is 25.2 Å². The Labute approximate surface area is 187 Å². The summed E-state index contributed by atoms with van der Waals surface area (Å²) in [6.07, 6.45) is 5.21. The molecule has 2 aromatic heterocycles. The number of aryl methyl sites for hydroxylation is 1. The van der Waals surface area contributed by atoms with Crippen LogP contribution in [0.2, 0.25) is 0 Å². The van der Waals surface area contributed by atoms with Gasteiger partial charge in [-0.1, -0.05) is 0 Å². The summed E-state index contributed by atoms with van der Waals surface area (Å²) in [5, 5.41) is 4.44. The van der Waals surface area contributed by atoms with Gasteiger partial charge in [0.05, 0.1) is 25.6 Å². The Morgan fingerprint density at radius 1 is 1.16 bits per heavy atom. The Hall–Kier alpha value is -3.17. The normalized spacial score (nSPS) is 15.8. The summed E-state index contributed by atoms with van der Waals surface area (Å²) >= 11 is 0. The van der Waals surface area contributed by atoms with Crippen LogP contribution in [0.4, 0.5) is 11.5 Å². The molecule has 3 aromatic rings. The first-order chi connectivity index (χ1) is 15.6. The van der Waals surface area contributed by atoms with Crippen molar-refractivity contribution in [2.45, 2.75) is 19.4 Å². The largest absolute Gasteiger partial charge is 0.496 e. The van der Waals surface area contributed by atoms with Crippen LogP contribution in [0.15, 0.2) is 30.7 Å². The van der Waals surface area contributed by atoms with Gasteiger partial charge >= 0.3 is 0 Å². The van der Waals surface area contributed by atoms with Crippen molar-refractivity contribution in [2.24, 2.45) is 0 Å². The Kier molecular flexibility index (Phi) is 6.87. The van der Waals surface area contributed by atoms with Crippen molar-refractivity contribution in [1.29, 1.82) is 0 Å². The molecule has 1 aliphatic heterocycles. The summed E-state index contributed by atoms with van der Waals surface area (Å²) in [6.45, 7) is 2.76. The molecule has 0 saturated heterocycles. The standard InChI is InChI=1S/C23H30N6O3/c1-28-8-4-5-16-12-24-22-21(16)23(26-15-25-22)27-18-6-7-19(32-3)17(11-18)13-29(9-10-31-2)14-20(28)30/h6-7,11-12,15H,4-5,8-10,13-14H2,1-3H3,(H2,24,25,26,27). The fourth-order valence-corrected chi connectivity index (χ4v) is 4.05. The molecular formula is C23H30N6O3. The number of H-pyrrole nitrogens is 1. The number of methoxy groups -OCH3 is 2. The van der Waals surface area contributed by atoms with Gasteiger partial charge in [0.2, 0.25) is 5.91 Å². The van der Waals surface area contributed by atoms with Gasteiger partial charge in [0.15, 0.2) is 0 Å². The zero-order valence-corrected chi connectivity index (χ0v) is 18.9. The number of likely N-dealkylation sites (N-methyl/N-ethyl adjacent to an activating group) is 1. The lowest BCUT2D eigenvalue weighted by molar-refractivity contribution is -0.131. The van der Waals surface area contributed by atoms with Crippen molar-refractivity contribution >= 4 is 28.4 Å². The van der Waals surface area contributed by atoms with Crippen LogP contribution >= 0.6 is 0 Å². The maximum Gasteiger partial charge on any atom is 0.236 e. The molecular weight excluding hydrogens is 408 g/mol. The molecule has 0 radical (unpaired) electrons. The molecule has 0 fully saturated rings. The summed E-state index contributed by atoms with van der Waals surface area (Å²) in [4.78, 5) is 28.9. The average molecular weight is 439 g/mol. The third kappa shape index (κ3) is 4.84. The van der Waals surface area contributed by atoms with Gasteiger partial charge in [0.1, 0.15) is 23.5 Å². The molecule has 170 valence electrons. The number of benzene rings is 1. The van der Waals surface area contributed by atoms with Crippen molar-refractivity contribution in [3.05, 3.63) is 41.9 Å². The highest BCUT2D eigenvalue weighted by Gasteiger charge is 2.19. The van der Waals surface area contributed by atoms with E-state index in [1.165, 1.54) is 0 Å². The van der Waals surface area contributed by atoms with Gasteiger partial charge in [0.25, 0.3) is 0 Å². The van der Waals surface area contributed by atoms with Gasteiger partial charge in [-0.25, -0.2) is 9.97 Å². The number of ether oxygens (including phenoxy) is 2. The number of nitrogens with one attached hydrogen (secondary N) is 2. The van der Waals surface area contributed by atoms with Crippen LogP contribution in [0.25, 0.3) is 11.0 Å². The lowest BCUT2D eigenvalue weighted by Gasteiger charge is -2.26. The van der Waals surface area contributed by atoms with Crippen LogP contribution in [-0.4, -0.2) is 78.2 Å². The van der Waals surface area contributed by atoms with Crippen molar-refractivity contribution in [3.8, 4) is 5.75 Å². The first-order valence-electron chi connectivity index (χ1n) is 10.8. The Bertz CT molecular complexity index is 1080. The molecule has 3 heterocycles. The number of carbonyl (C=O) groups is 1. The van der Waals surface area contributed by atoms with Crippen LogP contribution in [0, 0.1) is 0 Å². The third-order valence-electron chi connectivity index (χ3n) is 5.82.